The summed E-state index contributed by atoms with van der Waals surface area (Å²) in [6.45, 7) is 2.09. The molecule has 7 nitrogen and oxygen atoms in total. The fourth-order valence-corrected chi connectivity index (χ4v) is 3.71. The summed E-state index contributed by atoms with van der Waals surface area (Å²) in [6.07, 6.45) is 0.760. The van der Waals surface area contributed by atoms with Crippen molar-refractivity contribution in [2.75, 3.05) is 18.0 Å². The molecule has 0 saturated carbocycles. The Morgan fingerprint density at radius 1 is 1.08 bits per heavy atom. The molecule has 3 rings (SSSR count). The fraction of sp³-hybridized carbons (Fsp3) is 0.222. The summed E-state index contributed by atoms with van der Waals surface area (Å²) in [5, 5.41) is 2.31. The molecular formula is C18H19N3O4S. The quantitative estimate of drug-likeness (QED) is 0.850. The number of anilines is 1. The smallest absolute Gasteiger partial charge is 0.328 e. The Balaban J connectivity index is 1.57. The van der Waals surface area contributed by atoms with E-state index < -0.39 is 16.1 Å². The number of aryl methyl sites for hydroxylation is 1. The minimum Gasteiger partial charge on any atom is -0.328 e. The molecule has 3 amide bonds. The van der Waals surface area contributed by atoms with Gasteiger partial charge in [0.25, 0.3) is 10.0 Å². The van der Waals surface area contributed by atoms with Crippen molar-refractivity contribution in [3.8, 4) is 0 Å². The Morgan fingerprint density at radius 2 is 1.77 bits per heavy atom. The lowest BCUT2D eigenvalue weighted by Gasteiger charge is -2.17. The maximum absolute atomic E-state index is 12.3. The van der Waals surface area contributed by atoms with Gasteiger partial charge in [-0.3, -0.25) is 4.79 Å². The van der Waals surface area contributed by atoms with Crippen LogP contribution in [0.25, 0.3) is 0 Å². The highest BCUT2D eigenvalue weighted by Gasteiger charge is 2.25. The van der Waals surface area contributed by atoms with Crippen molar-refractivity contribution < 1.29 is 18.0 Å². The van der Waals surface area contributed by atoms with E-state index in [9.17, 15) is 18.0 Å². The number of benzene rings is 2. The zero-order valence-corrected chi connectivity index (χ0v) is 15.0. The summed E-state index contributed by atoms with van der Waals surface area (Å²) in [7, 11) is -3.98. The molecule has 1 heterocycles. The van der Waals surface area contributed by atoms with Crippen molar-refractivity contribution >= 4 is 27.6 Å². The Hall–Kier alpha value is -2.87. The standard InChI is InChI=1S/C18H19N3O4S/c1-13-6-8-15(9-7-13)26(24,25)20-18(23)19-12-17(22)21-11-10-14-4-2-3-5-16(14)21/h2-9H,10-12H2,1H3,(H2,19,20,23). The molecule has 8 heteroatoms. The van der Waals surface area contributed by atoms with E-state index in [0.29, 0.717) is 6.54 Å². The first-order valence-corrected chi connectivity index (χ1v) is 9.61. The number of para-hydroxylation sites is 1. The van der Waals surface area contributed by atoms with Gasteiger partial charge in [0.2, 0.25) is 5.91 Å². The van der Waals surface area contributed by atoms with E-state index in [1.807, 2.05) is 35.9 Å². The van der Waals surface area contributed by atoms with Gasteiger partial charge in [0, 0.05) is 12.2 Å². The van der Waals surface area contributed by atoms with Gasteiger partial charge in [0.1, 0.15) is 0 Å². The topological polar surface area (TPSA) is 95.6 Å². The molecule has 2 aromatic rings. The van der Waals surface area contributed by atoms with Crippen LogP contribution in [0, 0.1) is 6.92 Å². The first kappa shape index (κ1) is 17.9. The first-order valence-electron chi connectivity index (χ1n) is 8.12. The van der Waals surface area contributed by atoms with Gasteiger partial charge in [0.15, 0.2) is 0 Å². The van der Waals surface area contributed by atoms with Crippen LogP contribution in [0.15, 0.2) is 53.4 Å². The molecule has 0 spiro atoms. The molecular weight excluding hydrogens is 354 g/mol. The predicted octanol–water partition coefficient (Wildman–Crippen LogP) is 1.57. The highest BCUT2D eigenvalue weighted by Crippen LogP contribution is 2.27. The molecule has 0 unspecified atom stereocenters. The van der Waals surface area contributed by atoms with E-state index in [2.05, 4.69) is 5.32 Å². The average Bonchev–Trinajstić information content (AvgIpc) is 3.04. The van der Waals surface area contributed by atoms with Gasteiger partial charge in [-0.25, -0.2) is 17.9 Å². The van der Waals surface area contributed by atoms with E-state index in [1.165, 1.54) is 12.1 Å². The second-order valence-electron chi connectivity index (χ2n) is 6.03. The van der Waals surface area contributed by atoms with Crippen LogP contribution in [-0.4, -0.2) is 33.4 Å². The molecule has 1 aliphatic heterocycles. The molecule has 136 valence electrons. The molecule has 2 N–H and O–H groups in total. The molecule has 1 aliphatic rings. The number of hydrogen-bond donors (Lipinski definition) is 2. The molecule has 0 aliphatic carbocycles. The van der Waals surface area contributed by atoms with E-state index in [4.69, 9.17) is 0 Å². The fourth-order valence-electron chi connectivity index (χ4n) is 2.78. The van der Waals surface area contributed by atoms with Gasteiger partial charge in [-0.1, -0.05) is 35.9 Å². The number of nitrogens with one attached hydrogen (secondary N) is 2. The summed E-state index contributed by atoms with van der Waals surface area (Å²) in [4.78, 5) is 25.8. The number of nitrogens with zero attached hydrogens (tertiary/aromatic N) is 1. The van der Waals surface area contributed by atoms with Crippen LogP contribution in [0.5, 0.6) is 0 Å². The number of rotatable bonds is 4. The van der Waals surface area contributed by atoms with Gasteiger partial charge < -0.3 is 10.2 Å². The lowest BCUT2D eigenvalue weighted by atomic mass is 10.2. The summed E-state index contributed by atoms with van der Waals surface area (Å²) >= 11 is 0. The van der Waals surface area contributed by atoms with Crippen LogP contribution in [0.3, 0.4) is 0 Å². The number of fused-ring (bicyclic) bond motifs is 1. The summed E-state index contributed by atoms with van der Waals surface area (Å²) < 4.78 is 26.2. The van der Waals surface area contributed by atoms with E-state index in [0.717, 1.165) is 23.2 Å². The zero-order chi connectivity index (χ0) is 18.7. The number of carbonyl (C=O) groups excluding carboxylic acids is 2. The Morgan fingerprint density at radius 3 is 2.50 bits per heavy atom. The van der Waals surface area contributed by atoms with Crippen LogP contribution in [-0.2, 0) is 21.2 Å². The summed E-state index contributed by atoms with van der Waals surface area (Å²) in [5.74, 6) is -0.294. The van der Waals surface area contributed by atoms with E-state index in [1.54, 1.807) is 17.0 Å². The number of hydrogen-bond acceptors (Lipinski definition) is 4. The van der Waals surface area contributed by atoms with Crippen LogP contribution >= 0.6 is 0 Å². The Bertz CT molecular complexity index is 939. The predicted molar refractivity (Wildman–Crippen MR) is 97.4 cm³/mol. The third-order valence-electron chi connectivity index (χ3n) is 4.15. The van der Waals surface area contributed by atoms with Gasteiger partial charge in [0.05, 0.1) is 11.4 Å². The number of amides is 3. The van der Waals surface area contributed by atoms with Crippen LogP contribution in [0.1, 0.15) is 11.1 Å². The second kappa shape index (κ2) is 7.17. The lowest BCUT2D eigenvalue weighted by molar-refractivity contribution is -0.117. The van der Waals surface area contributed by atoms with Gasteiger partial charge in [-0.2, -0.15) is 0 Å². The minimum atomic E-state index is -3.98. The van der Waals surface area contributed by atoms with Crippen molar-refractivity contribution in [2.24, 2.45) is 0 Å². The molecule has 26 heavy (non-hydrogen) atoms. The minimum absolute atomic E-state index is 0.0157. The zero-order valence-electron chi connectivity index (χ0n) is 14.2. The molecule has 2 aromatic carbocycles. The van der Waals surface area contributed by atoms with E-state index >= 15 is 0 Å². The lowest BCUT2D eigenvalue weighted by Crippen LogP contribution is -2.45. The number of sulfonamides is 1. The summed E-state index contributed by atoms with van der Waals surface area (Å²) in [5.41, 5.74) is 2.81. The van der Waals surface area contributed by atoms with Gasteiger partial charge in [-0.15, -0.1) is 0 Å². The van der Waals surface area contributed by atoms with Crippen molar-refractivity contribution in [1.29, 1.82) is 0 Å². The summed E-state index contributed by atoms with van der Waals surface area (Å²) in [6, 6.07) is 12.7. The van der Waals surface area contributed by atoms with Crippen LogP contribution < -0.4 is 14.9 Å². The highest BCUT2D eigenvalue weighted by atomic mass is 32.2. The highest BCUT2D eigenvalue weighted by molar-refractivity contribution is 7.90. The van der Waals surface area contributed by atoms with Crippen molar-refractivity contribution in [1.82, 2.24) is 10.0 Å². The normalized spacial score (nSPS) is 13.2. The molecule has 0 atom stereocenters. The van der Waals surface area contributed by atoms with Crippen LogP contribution in [0.4, 0.5) is 10.5 Å². The monoisotopic (exact) mass is 373 g/mol. The van der Waals surface area contributed by atoms with Crippen molar-refractivity contribution in [3.63, 3.8) is 0 Å². The third kappa shape index (κ3) is 3.85. The molecule has 0 saturated heterocycles. The van der Waals surface area contributed by atoms with Gasteiger partial charge in [-0.05, 0) is 37.1 Å². The maximum Gasteiger partial charge on any atom is 0.329 e. The molecule has 0 aromatic heterocycles. The van der Waals surface area contributed by atoms with Crippen LogP contribution in [0.2, 0.25) is 0 Å². The Labute approximate surface area is 152 Å². The molecule has 0 fully saturated rings. The molecule has 0 bridgehead atoms. The van der Waals surface area contributed by atoms with Crippen molar-refractivity contribution in [2.45, 2.75) is 18.2 Å². The number of carbonyl (C=O) groups is 2. The van der Waals surface area contributed by atoms with Crippen molar-refractivity contribution in [3.05, 3.63) is 59.7 Å². The van der Waals surface area contributed by atoms with Gasteiger partial charge >= 0.3 is 6.03 Å². The maximum atomic E-state index is 12.3. The Kier molecular flexibility index (Phi) is 4.94. The molecule has 0 radical (unpaired) electrons. The van der Waals surface area contributed by atoms with E-state index in [-0.39, 0.29) is 17.3 Å². The average molecular weight is 373 g/mol. The first-order chi connectivity index (χ1) is 12.4. The SMILES string of the molecule is Cc1ccc(S(=O)(=O)NC(=O)NCC(=O)N2CCc3ccccc32)cc1. The second-order valence-corrected chi connectivity index (χ2v) is 7.71. The third-order valence-corrected chi connectivity index (χ3v) is 5.49. The number of urea groups is 1. The largest absolute Gasteiger partial charge is 0.329 e.